The SMILES string of the molecule is C=C(NN=C([O-])c1ccc(NS(=O)(=O)c2cccs2)cc1)c1cccs1. The number of sulfonamides is 1. The van der Waals surface area contributed by atoms with E-state index in [2.05, 4.69) is 21.8 Å². The first-order valence-corrected chi connectivity index (χ1v) is 10.6. The van der Waals surface area contributed by atoms with E-state index in [1.54, 1.807) is 11.4 Å². The zero-order valence-electron chi connectivity index (χ0n) is 13.4. The number of benzene rings is 1. The van der Waals surface area contributed by atoms with Crippen LogP contribution in [0.2, 0.25) is 0 Å². The molecule has 134 valence electrons. The van der Waals surface area contributed by atoms with E-state index in [0.29, 0.717) is 16.9 Å². The number of hydrogen-bond donors (Lipinski definition) is 2. The van der Waals surface area contributed by atoms with E-state index >= 15 is 0 Å². The summed E-state index contributed by atoms with van der Waals surface area (Å²) in [6.07, 6.45) is 0. The Balaban J connectivity index is 1.67. The van der Waals surface area contributed by atoms with Gasteiger partial charge < -0.3 is 5.11 Å². The molecule has 1 aromatic carbocycles. The van der Waals surface area contributed by atoms with Crippen molar-refractivity contribution < 1.29 is 13.5 Å². The summed E-state index contributed by atoms with van der Waals surface area (Å²) in [5, 5.41) is 19.5. The van der Waals surface area contributed by atoms with Crippen LogP contribution in [0.5, 0.6) is 0 Å². The lowest BCUT2D eigenvalue weighted by Gasteiger charge is -2.13. The fraction of sp³-hybridized carbons (Fsp3) is 0. The topological polar surface area (TPSA) is 93.6 Å². The van der Waals surface area contributed by atoms with Crippen molar-refractivity contribution in [3.8, 4) is 0 Å². The van der Waals surface area contributed by atoms with Gasteiger partial charge in [-0.15, -0.1) is 22.7 Å². The highest BCUT2D eigenvalue weighted by Crippen LogP contribution is 2.20. The van der Waals surface area contributed by atoms with Gasteiger partial charge in [0.2, 0.25) is 0 Å². The summed E-state index contributed by atoms with van der Waals surface area (Å²) in [5.74, 6) is -0.477. The minimum atomic E-state index is -3.61. The minimum Gasteiger partial charge on any atom is -0.857 e. The number of thiophene rings is 2. The molecule has 0 aliphatic rings. The van der Waals surface area contributed by atoms with Gasteiger partial charge >= 0.3 is 0 Å². The standard InChI is InChI=1S/C17H15N3O3S3/c1-12(15-4-2-10-24-15)18-19-17(21)13-6-8-14(9-7-13)20-26(22,23)16-5-3-11-25-16/h2-11,18,20H,1H2,(H,19,21)/p-1. The van der Waals surface area contributed by atoms with Gasteiger partial charge in [-0.05, 0) is 40.6 Å². The minimum absolute atomic E-state index is 0.226. The lowest BCUT2D eigenvalue weighted by atomic mass is 10.2. The summed E-state index contributed by atoms with van der Waals surface area (Å²) in [7, 11) is -3.61. The first-order chi connectivity index (χ1) is 12.5. The molecular weight excluding hydrogens is 390 g/mol. The zero-order valence-corrected chi connectivity index (χ0v) is 15.8. The van der Waals surface area contributed by atoms with Gasteiger partial charge in [-0.25, -0.2) is 8.42 Å². The Bertz CT molecular complexity index is 1010. The third-order valence-corrected chi connectivity index (χ3v) is 6.96. The highest BCUT2D eigenvalue weighted by molar-refractivity contribution is 7.94. The highest BCUT2D eigenvalue weighted by atomic mass is 32.2. The van der Waals surface area contributed by atoms with E-state index in [9.17, 15) is 13.5 Å². The largest absolute Gasteiger partial charge is 0.857 e. The third-order valence-electron chi connectivity index (χ3n) is 3.26. The Kier molecular flexibility index (Phi) is 5.40. The molecule has 0 saturated heterocycles. The molecular formula is C17H14N3O3S3-. The van der Waals surface area contributed by atoms with Gasteiger partial charge in [0.1, 0.15) is 4.21 Å². The van der Waals surface area contributed by atoms with Gasteiger partial charge in [-0.3, -0.25) is 10.1 Å². The van der Waals surface area contributed by atoms with Crippen LogP contribution in [0, 0.1) is 0 Å². The first kappa shape index (κ1) is 18.2. The molecule has 0 radical (unpaired) electrons. The monoisotopic (exact) mass is 404 g/mol. The molecule has 26 heavy (non-hydrogen) atoms. The summed E-state index contributed by atoms with van der Waals surface area (Å²) in [4.78, 5) is 0.889. The van der Waals surface area contributed by atoms with Crippen LogP contribution in [0.1, 0.15) is 10.4 Å². The van der Waals surface area contributed by atoms with Crippen molar-refractivity contribution in [3.63, 3.8) is 0 Å². The molecule has 0 bridgehead atoms. The maximum Gasteiger partial charge on any atom is 0.271 e. The Hall–Kier alpha value is -2.62. The summed E-state index contributed by atoms with van der Waals surface area (Å²) in [6.45, 7) is 3.82. The molecule has 0 saturated carbocycles. The number of rotatable bonds is 7. The summed E-state index contributed by atoms with van der Waals surface area (Å²) >= 11 is 2.62. The average Bonchev–Trinajstić information content (AvgIpc) is 3.33. The molecule has 0 amide bonds. The van der Waals surface area contributed by atoms with Crippen LogP contribution < -0.4 is 15.3 Å². The summed E-state index contributed by atoms with van der Waals surface area (Å²) in [6, 6.07) is 13.0. The van der Waals surface area contributed by atoms with Crippen molar-refractivity contribution in [1.29, 1.82) is 0 Å². The zero-order chi connectivity index (χ0) is 18.6. The van der Waals surface area contributed by atoms with Crippen molar-refractivity contribution in [2.24, 2.45) is 5.10 Å². The lowest BCUT2D eigenvalue weighted by molar-refractivity contribution is -0.213. The number of hydrogen-bond acceptors (Lipinski definition) is 7. The molecule has 0 atom stereocenters. The Labute approximate surface area is 159 Å². The summed E-state index contributed by atoms with van der Waals surface area (Å²) in [5.41, 5.74) is 3.87. The number of anilines is 1. The predicted molar refractivity (Wildman–Crippen MR) is 105 cm³/mol. The average molecular weight is 405 g/mol. The van der Waals surface area contributed by atoms with E-state index in [1.165, 1.54) is 41.7 Å². The second-order valence-corrected chi connectivity index (χ2v) is 8.90. The molecule has 0 fully saturated rings. The molecule has 0 aliphatic heterocycles. The van der Waals surface area contributed by atoms with Crippen molar-refractivity contribution in [2.45, 2.75) is 4.21 Å². The summed E-state index contributed by atoms with van der Waals surface area (Å²) < 4.78 is 27.0. The maximum absolute atomic E-state index is 12.2. The van der Waals surface area contributed by atoms with E-state index in [4.69, 9.17) is 0 Å². The van der Waals surface area contributed by atoms with Crippen molar-refractivity contribution >= 4 is 50.0 Å². The van der Waals surface area contributed by atoms with E-state index in [-0.39, 0.29) is 4.21 Å². The van der Waals surface area contributed by atoms with Crippen molar-refractivity contribution in [2.75, 3.05) is 4.72 Å². The number of hydrazone groups is 1. The lowest BCUT2D eigenvalue weighted by Crippen LogP contribution is -2.22. The fourth-order valence-electron chi connectivity index (χ4n) is 1.99. The molecule has 3 rings (SSSR count). The van der Waals surface area contributed by atoms with Crippen LogP contribution in [0.3, 0.4) is 0 Å². The first-order valence-electron chi connectivity index (χ1n) is 7.36. The quantitative estimate of drug-likeness (QED) is 0.360. The van der Waals surface area contributed by atoms with Crippen LogP contribution in [0.4, 0.5) is 5.69 Å². The van der Waals surface area contributed by atoms with Crippen molar-refractivity contribution in [3.05, 3.63) is 76.3 Å². The predicted octanol–water partition coefficient (Wildman–Crippen LogP) is 2.89. The molecule has 9 heteroatoms. The molecule has 2 aromatic heterocycles. The van der Waals surface area contributed by atoms with Crippen LogP contribution in [0.25, 0.3) is 5.70 Å². The smallest absolute Gasteiger partial charge is 0.271 e. The van der Waals surface area contributed by atoms with E-state index in [0.717, 1.165) is 16.2 Å². The molecule has 0 spiro atoms. The Morgan fingerprint density at radius 1 is 1.04 bits per heavy atom. The van der Waals surface area contributed by atoms with Gasteiger partial charge in [0.15, 0.2) is 0 Å². The van der Waals surface area contributed by atoms with Gasteiger partial charge in [-0.2, -0.15) is 5.10 Å². The molecule has 3 aromatic rings. The van der Waals surface area contributed by atoms with Gasteiger partial charge in [0.05, 0.1) is 10.6 Å². The van der Waals surface area contributed by atoms with E-state index < -0.39 is 15.9 Å². The second-order valence-electron chi connectivity index (χ2n) is 5.10. The normalized spacial score (nSPS) is 11.9. The van der Waals surface area contributed by atoms with E-state index in [1.807, 2.05) is 17.5 Å². The van der Waals surface area contributed by atoms with Crippen LogP contribution in [-0.4, -0.2) is 14.3 Å². The highest BCUT2D eigenvalue weighted by Gasteiger charge is 2.14. The van der Waals surface area contributed by atoms with Gasteiger partial charge in [-0.1, -0.05) is 30.8 Å². The fourth-order valence-corrected chi connectivity index (χ4v) is 4.69. The Morgan fingerprint density at radius 3 is 2.35 bits per heavy atom. The Morgan fingerprint density at radius 2 is 1.73 bits per heavy atom. The molecule has 6 nitrogen and oxygen atoms in total. The number of nitrogens with zero attached hydrogens (tertiary/aromatic N) is 1. The molecule has 0 unspecified atom stereocenters. The third kappa shape index (κ3) is 4.31. The maximum atomic E-state index is 12.2. The van der Waals surface area contributed by atoms with Crippen LogP contribution >= 0.6 is 22.7 Å². The van der Waals surface area contributed by atoms with Crippen molar-refractivity contribution in [1.82, 2.24) is 5.43 Å². The molecule has 2 N–H and O–H groups in total. The van der Waals surface area contributed by atoms with Crippen LogP contribution in [0.15, 0.2) is 75.2 Å². The molecule has 2 heterocycles. The molecule has 0 aliphatic carbocycles. The second kappa shape index (κ2) is 7.73. The number of nitrogens with one attached hydrogen (secondary N) is 2. The van der Waals surface area contributed by atoms with Gasteiger partial charge in [0.25, 0.3) is 10.0 Å². The van der Waals surface area contributed by atoms with Gasteiger partial charge in [0, 0.05) is 11.6 Å². The van der Waals surface area contributed by atoms with Crippen LogP contribution in [-0.2, 0) is 10.0 Å².